The molecule has 0 heterocycles. The number of ether oxygens (including phenoxy) is 1. The summed E-state index contributed by atoms with van der Waals surface area (Å²) in [5.74, 6) is -3.34. The molecule has 1 amide bonds. The normalized spacial score (nSPS) is 10.9. The average Bonchev–Trinajstić information content (AvgIpc) is 2.34. The minimum Gasteiger partial charge on any atom is -0.496 e. The third-order valence-corrected chi connectivity index (χ3v) is 2.22. The number of hydrogen-bond donors (Lipinski definition) is 2. The van der Waals surface area contributed by atoms with Gasteiger partial charge in [-0.1, -0.05) is 6.07 Å². The SMILES string of the molecule is COc1ccc(CNC(=O)C(=O)O)cc1C(F)(F)F. The molecular formula is C11H10F3NO4. The largest absolute Gasteiger partial charge is 0.496 e. The number of nitrogens with one attached hydrogen (secondary N) is 1. The molecule has 0 saturated heterocycles. The molecule has 8 heteroatoms. The molecule has 1 aromatic carbocycles. The van der Waals surface area contributed by atoms with Crippen molar-refractivity contribution in [3.05, 3.63) is 29.3 Å². The molecule has 0 saturated carbocycles. The van der Waals surface area contributed by atoms with E-state index in [0.29, 0.717) is 0 Å². The Balaban J connectivity index is 2.93. The Morgan fingerprint density at radius 1 is 1.37 bits per heavy atom. The van der Waals surface area contributed by atoms with Crippen LogP contribution in [0.2, 0.25) is 0 Å². The maximum absolute atomic E-state index is 12.7. The van der Waals surface area contributed by atoms with Gasteiger partial charge in [0.25, 0.3) is 0 Å². The van der Waals surface area contributed by atoms with Gasteiger partial charge in [0, 0.05) is 6.54 Å². The number of carboxylic acid groups (broad SMARTS) is 1. The lowest BCUT2D eigenvalue weighted by Gasteiger charge is -2.13. The lowest BCUT2D eigenvalue weighted by Crippen LogP contribution is -2.30. The van der Waals surface area contributed by atoms with Gasteiger partial charge in [-0.25, -0.2) is 4.79 Å². The fraction of sp³-hybridized carbons (Fsp3) is 0.273. The van der Waals surface area contributed by atoms with E-state index in [1.54, 1.807) is 0 Å². The first-order valence-corrected chi connectivity index (χ1v) is 5.01. The first kappa shape index (κ1) is 14.8. The average molecular weight is 277 g/mol. The molecule has 1 aromatic rings. The van der Waals surface area contributed by atoms with Gasteiger partial charge in [-0.05, 0) is 17.7 Å². The van der Waals surface area contributed by atoms with Gasteiger partial charge in [0.05, 0.1) is 12.7 Å². The number of alkyl halides is 3. The summed E-state index contributed by atoms with van der Waals surface area (Å²) in [4.78, 5) is 21.0. The lowest BCUT2D eigenvalue weighted by atomic mass is 10.1. The standard InChI is InChI=1S/C11H10F3NO4/c1-19-8-3-2-6(4-7(8)11(12,13)14)5-15-9(16)10(17)18/h2-4H,5H2,1H3,(H,15,16)(H,17,18). The quantitative estimate of drug-likeness (QED) is 0.819. The molecule has 0 fully saturated rings. The van der Waals surface area contributed by atoms with Gasteiger partial charge in [0.15, 0.2) is 0 Å². The van der Waals surface area contributed by atoms with Crippen molar-refractivity contribution >= 4 is 11.9 Å². The number of carbonyl (C=O) groups is 2. The van der Waals surface area contributed by atoms with Crippen LogP contribution < -0.4 is 10.1 Å². The molecule has 0 aliphatic carbocycles. The molecule has 0 atom stereocenters. The van der Waals surface area contributed by atoms with E-state index >= 15 is 0 Å². The number of carboxylic acids is 1. The summed E-state index contributed by atoms with van der Waals surface area (Å²) < 4.78 is 42.6. The Morgan fingerprint density at radius 2 is 2.00 bits per heavy atom. The minimum absolute atomic E-state index is 0.114. The van der Waals surface area contributed by atoms with Gasteiger partial charge < -0.3 is 15.2 Å². The number of carbonyl (C=O) groups excluding carboxylic acids is 1. The second-order valence-electron chi connectivity index (χ2n) is 3.52. The van der Waals surface area contributed by atoms with E-state index < -0.39 is 23.6 Å². The first-order valence-electron chi connectivity index (χ1n) is 5.01. The summed E-state index contributed by atoms with van der Waals surface area (Å²) in [6.07, 6.45) is -4.60. The molecular weight excluding hydrogens is 267 g/mol. The van der Waals surface area contributed by atoms with Crippen LogP contribution in [-0.2, 0) is 22.3 Å². The molecule has 2 N–H and O–H groups in total. The van der Waals surface area contributed by atoms with E-state index in [1.165, 1.54) is 6.07 Å². The predicted octanol–water partition coefficient (Wildman–Crippen LogP) is 1.41. The molecule has 0 aliphatic rings. The molecule has 1 rings (SSSR count). The van der Waals surface area contributed by atoms with E-state index in [9.17, 15) is 22.8 Å². The molecule has 0 unspecified atom stereocenters. The van der Waals surface area contributed by atoms with Gasteiger partial charge in [-0.15, -0.1) is 0 Å². The van der Waals surface area contributed by atoms with Crippen molar-refractivity contribution in [2.24, 2.45) is 0 Å². The Kier molecular flexibility index (Phi) is 4.36. The molecule has 5 nitrogen and oxygen atoms in total. The number of aliphatic carboxylic acids is 1. The highest BCUT2D eigenvalue weighted by Gasteiger charge is 2.34. The maximum atomic E-state index is 12.7. The highest BCUT2D eigenvalue weighted by atomic mass is 19.4. The number of amides is 1. The second kappa shape index (κ2) is 5.59. The zero-order valence-electron chi connectivity index (χ0n) is 9.75. The Bertz CT molecular complexity index is 499. The van der Waals surface area contributed by atoms with Crippen LogP contribution >= 0.6 is 0 Å². The number of hydrogen-bond acceptors (Lipinski definition) is 3. The fourth-order valence-electron chi connectivity index (χ4n) is 1.34. The summed E-state index contributed by atoms with van der Waals surface area (Å²) in [6, 6.07) is 3.20. The van der Waals surface area contributed by atoms with Crippen LogP contribution in [0.3, 0.4) is 0 Å². The van der Waals surface area contributed by atoms with Crippen LogP contribution in [0, 0.1) is 0 Å². The zero-order valence-corrected chi connectivity index (χ0v) is 9.75. The van der Waals surface area contributed by atoms with Crippen molar-refractivity contribution in [1.29, 1.82) is 0 Å². The third-order valence-electron chi connectivity index (χ3n) is 2.22. The number of methoxy groups -OCH3 is 1. The molecule has 104 valence electrons. The van der Waals surface area contributed by atoms with Crippen LogP contribution in [-0.4, -0.2) is 24.1 Å². The summed E-state index contributed by atoms with van der Waals surface area (Å²) >= 11 is 0. The van der Waals surface area contributed by atoms with Crippen molar-refractivity contribution in [1.82, 2.24) is 5.32 Å². The van der Waals surface area contributed by atoms with Gasteiger partial charge in [-0.2, -0.15) is 13.2 Å². The summed E-state index contributed by atoms with van der Waals surface area (Å²) in [5.41, 5.74) is -0.875. The Hall–Kier alpha value is -2.25. The van der Waals surface area contributed by atoms with E-state index in [0.717, 1.165) is 19.2 Å². The molecule has 0 bridgehead atoms. The van der Waals surface area contributed by atoms with Crippen molar-refractivity contribution in [2.75, 3.05) is 7.11 Å². The van der Waals surface area contributed by atoms with Gasteiger partial charge in [-0.3, -0.25) is 4.79 Å². The van der Waals surface area contributed by atoms with Crippen molar-refractivity contribution in [2.45, 2.75) is 12.7 Å². The van der Waals surface area contributed by atoms with Crippen LogP contribution in [0.25, 0.3) is 0 Å². The number of benzene rings is 1. The Morgan fingerprint density at radius 3 is 2.47 bits per heavy atom. The number of rotatable bonds is 3. The van der Waals surface area contributed by atoms with Crippen molar-refractivity contribution in [3.8, 4) is 5.75 Å². The van der Waals surface area contributed by atoms with E-state index in [1.807, 2.05) is 5.32 Å². The first-order chi connectivity index (χ1) is 8.75. The summed E-state index contributed by atoms with van der Waals surface area (Å²) in [7, 11) is 1.11. The van der Waals surface area contributed by atoms with Crippen molar-refractivity contribution in [3.63, 3.8) is 0 Å². The van der Waals surface area contributed by atoms with E-state index in [-0.39, 0.29) is 17.9 Å². The second-order valence-corrected chi connectivity index (χ2v) is 3.52. The van der Waals surface area contributed by atoms with Crippen molar-refractivity contribution < 1.29 is 32.6 Å². The maximum Gasteiger partial charge on any atom is 0.419 e. The van der Waals surface area contributed by atoms with Gasteiger partial charge >= 0.3 is 18.1 Å². The van der Waals surface area contributed by atoms with E-state index in [2.05, 4.69) is 4.74 Å². The van der Waals surface area contributed by atoms with Gasteiger partial charge in [0.1, 0.15) is 5.75 Å². The van der Waals surface area contributed by atoms with Crippen LogP contribution in [0.5, 0.6) is 5.75 Å². The monoisotopic (exact) mass is 277 g/mol. The molecule has 19 heavy (non-hydrogen) atoms. The molecule has 0 aliphatic heterocycles. The van der Waals surface area contributed by atoms with Crippen LogP contribution in [0.15, 0.2) is 18.2 Å². The third kappa shape index (κ3) is 3.87. The zero-order chi connectivity index (χ0) is 14.6. The topological polar surface area (TPSA) is 75.6 Å². The molecule has 0 radical (unpaired) electrons. The predicted molar refractivity (Wildman–Crippen MR) is 57.5 cm³/mol. The van der Waals surface area contributed by atoms with Crippen LogP contribution in [0.1, 0.15) is 11.1 Å². The van der Waals surface area contributed by atoms with E-state index in [4.69, 9.17) is 5.11 Å². The molecule has 0 spiro atoms. The van der Waals surface area contributed by atoms with Gasteiger partial charge in [0.2, 0.25) is 0 Å². The summed E-state index contributed by atoms with van der Waals surface area (Å²) in [5, 5.41) is 10.3. The Labute approximate surface area is 106 Å². The summed E-state index contributed by atoms with van der Waals surface area (Å²) in [6.45, 7) is -0.321. The lowest BCUT2D eigenvalue weighted by molar-refractivity contribution is -0.150. The molecule has 0 aromatic heterocycles. The smallest absolute Gasteiger partial charge is 0.419 e. The number of halogens is 3. The highest BCUT2D eigenvalue weighted by Crippen LogP contribution is 2.36. The fourth-order valence-corrected chi connectivity index (χ4v) is 1.34. The van der Waals surface area contributed by atoms with Crippen LogP contribution in [0.4, 0.5) is 13.2 Å². The minimum atomic E-state index is -4.60. The highest BCUT2D eigenvalue weighted by molar-refractivity contribution is 6.31.